The van der Waals surface area contributed by atoms with Crippen molar-refractivity contribution < 1.29 is 18.8 Å². The van der Waals surface area contributed by atoms with Gasteiger partial charge in [0.15, 0.2) is 6.17 Å². The van der Waals surface area contributed by atoms with Gasteiger partial charge in [-0.1, -0.05) is 0 Å². The van der Waals surface area contributed by atoms with Gasteiger partial charge in [0, 0.05) is 6.54 Å². The number of hydrogen-bond donors (Lipinski definition) is 2. The Bertz CT molecular complexity index is 194. The van der Waals surface area contributed by atoms with E-state index in [0.717, 1.165) is 0 Å². The number of esters is 1. The number of alkyl halides is 1. The maximum Gasteiger partial charge on any atom is 0.341 e. The third kappa shape index (κ3) is 4.50. The number of ether oxygens (including phenoxy) is 1. The molecule has 0 heterocycles. The predicted molar refractivity (Wildman–Crippen MR) is 48.9 cm³/mol. The molecule has 0 aromatic rings. The SMILES string of the molecule is CC(C)(C)OC(=O)C(ON)C(F)CN. The Labute approximate surface area is 82.5 Å². The van der Waals surface area contributed by atoms with Gasteiger partial charge in [-0.2, -0.15) is 0 Å². The van der Waals surface area contributed by atoms with E-state index in [4.69, 9.17) is 16.4 Å². The van der Waals surface area contributed by atoms with Crippen molar-refractivity contribution in [3.63, 3.8) is 0 Å². The summed E-state index contributed by atoms with van der Waals surface area (Å²) in [6.07, 6.45) is -3.12. The number of halogens is 1. The van der Waals surface area contributed by atoms with Crippen molar-refractivity contribution in [1.82, 2.24) is 0 Å². The third-order valence-electron chi connectivity index (χ3n) is 1.34. The molecule has 4 N–H and O–H groups in total. The molecule has 2 atom stereocenters. The van der Waals surface area contributed by atoms with Crippen molar-refractivity contribution in [2.45, 2.75) is 38.6 Å². The van der Waals surface area contributed by atoms with Gasteiger partial charge >= 0.3 is 5.97 Å². The average molecular weight is 208 g/mol. The molecular weight excluding hydrogens is 191 g/mol. The van der Waals surface area contributed by atoms with Crippen LogP contribution in [0.5, 0.6) is 0 Å². The first kappa shape index (κ1) is 13.3. The fourth-order valence-corrected chi connectivity index (χ4v) is 0.772. The molecule has 6 heteroatoms. The van der Waals surface area contributed by atoms with E-state index in [1.165, 1.54) is 0 Å². The van der Waals surface area contributed by atoms with Gasteiger partial charge in [0.2, 0.25) is 6.10 Å². The molecule has 0 saturated heterocycles. The highest BCUT2D eigenvalue weighted by atomic mass is 19.1. The van der Waals surface area contributed by atoms with Crippen LogP contribution in [-0.2, 0) is 14.4 Å². The van der Waals surface area contributed by atoms with E-state index in [-0.39, 0.29) is 6.54 Å². The van der Waals surface area contributed by atoms with Gasteiger partial charge < -0.3 is 10.5 Å². The minimum atomic E-state index is -1.66. The molecule has 0 amide bonds. The molecule has 0 fully saturated rings. The minimum Gasteiger partial charge on any atom is -0.458 e. The van der Waals surface area contributed by atoms with E-state index in [2.05, 4.69) is 4.84 Å². The molecule has 0 aliphatic carbocycles. The van der Waals surface area contributed by atoms with E-state index >= 15 is 0 Å². The molecule has 0 bridgehead atoms. The van der Waals surface area contributed by atoms with Gasteiger partial charge in [-0.15, -0.1) is 0 Å². The molecule has 5 nitrogen and oxygen atoms in total. The van der Waals surface area contributed by atoms with E-state index in [0.29, 0.717) is 0 Å². The summed E-state index contributed by atoms with van der Waals surface area (Å²) in [4.78, 5) is 15.4. The molecule has 0 rings (SSSR count). The first-order valence-electron chi connectivity index (χ1n) is 4.24. The Hall–Kier alpha value is -0.720. The van der Waals surface area contributed by atoms with Crippen LogP contribution in [0, 0.1) is 0 Å². The first-order valence-corrected chi connectivity index (χ1v) is 4.24. The second-order valence-electron chi connectivity index (χ2n) is 3.84. The lowest BCUT2D eigenvalue weighted by atomic mass is 10.1. The van der Waals surface area contributed by atoms with Crippen LogP contribution in [0.4, 0.5) is 4.39 Å². The predicted octanol–water partition coefficient (Wildman–Crippen LogP) is -0.116. The zero-order chi connectivity index (χ0) is 11.4. The van der Waals surface area contributed by atoms with Crippen LogP contribution in [0.25, 0.3) is 0 Å². The Morgan fingerprint density at radius 3 is 2.29 bits per heavy atom. The molecule has 84 valence electrons. The Morgan fingerprint density at radius 1 is 1.50 bits per heavy atom. The largest absolute Gasteiger partial charge is 0.458 e. The van der Waals surface area contributed by atoms with Gasteiger partial charge in [0.25, 0.3) is 0 Å². The third-order valence-corrected chi connectivity index (χ3v) is 1.34. The van der Waals surface area contributed by atoms with Crippen LogP contribution in [0.15, 0.2) is 0 Å². The Morgan fingerprint density at radius 2 is 2.00 bits per heavy atom. The summed E-state index contributed by atoms with van der Waals surface area (Å²) < 4.78 is 17.9. The fourth-order valence-electron chi connectivity index (χ4n) is 0.772. The zero-order valence-corrected chi connectivity index (χ0v) is 8.62. The zero-order valence-electron chi connectivity index (χ0n) is 8.62. The number of carbonyl (C=O) groups excluding carboxylic acids is 1. The lowest BCUT2D eigenvalue weighted by molar-refractivity contribution is -0.173. The summed E-state index contributed by atoms with van der Waals surface area (Å²) in [5.41, 5.74) is 4.33. The molecule has 0 aliphatic rings. The maximum absolute atomic E-state index is 13.0. The summed E-state index contributed by atoms with van der Waals surface area (Å²) in [6.45, 7) is 4.64. The molecule has 0 aromatic heterocycles. The number of hydrogen-bond acceptors (Lipinski definition) is 5. The van der Waals surface area contributed by atoms with Gasteiger partial charge in [-0.3, -0.25) is 4.84 Å². The van der Waals surface area contributed by atoms with Crippen molar-refractivity contribution in [1.29, 1.82) is 0 Å². The summed E-state index contributed by atoms with van der Waals surface area (Å²) in [7, 11) is 0. The highest BCUT2D eigenvalue weighted by molar-refractivity contribution is 5.75. The second-order valence-corrected chi connectivity index (χ2v) is 3.84. The molecule has 2 unspecified atom stereocenters. The van der Waals surface area contributed by atoms with Crippen LogP contribution in [0.3, 0.4) is 0 Å². The number of nitrogens with two attached hydrogens (primary N) is 2. The smallest absolute Gasteiger partial charge is 0.341 e. The standard InChI is InChI=1S/C8H17FN2O3/c1-8(2,3)13-7(12)6(14-11)5(9)4-10/h5-6H,4,10-11H2,1-3H3. The van der Waals surface area contributed by atoms with Crippen LogP contribution in [0.2, 0.25) is 0 Å². The Balaban J connectivity index is 4.33. The van der Waals surface area contributed by atoms with Crippen molar-refractivity contribution in [2.75, 3.05) is 6.54 Å². The molecule has 0 spiro atoms. The van der Waals surface area contributed by atoms with Gasteiger partial charge in [0.05, 0.1) is 0 Å². The van der Waals surface area contributed by atoms with Crippen LogP contribution >= 0.6 is 0 Å². The van der Waals surface area contributed by atoms with Crippen molar-refractivity contribution in [2.24, 2.45) is 11.6 Å². The van der Waals surface area contributed by atoms with Gasteiger partial charge in [-0.25, -0.2) is 15.1 Å². The fraction of sp³-hybridized carbons (Fsp3) is 0.875. The molecular formula is C8H17FN2O3. The lowest BCUT2D eigenvalue weighted by Crippen LogP contribution is -2.43. The van der Waals surface area contributed by atoms with Gasteiger partial charge in [0.1, 0.15) is 5.60 Å². The highest BCUT2D eigenvalue weighted by Crippen LogP contribution is 2.11. The van der Waals surface area contributed by atoms with Crippen LogP contribution < -0.4 is 11.6 Å². The second kappa shape index (κ2) is 5.23. The van der Waals surface area contributed by atoms with Crippen LogP contribution in [-0.4, -0.2) is 30.4 Å². The Kier molecular flexibility index (Phi) is 4.96. The first-order chi connectivity index (χ1) is 6.31. The minimum absolute atomic E-state index is 0.346. The molecule has 0 aromatic carbocycles. The van der Waals surface area contributed by atoms with E-state index < -0.39 is 23.8 Å². The monoisotopic (exact) mass is 208 g/mol. The maximum atomic E-state index is 13.0. The van der Waals surface area contributed by atoms with E-state index in [1.54, 1.807) is 20.8 Å². The summed E-state index contributed by atoms with van der Waals surface area (Å²) >= 11 is 0. The topological polar surface area (TPSA) is 87.6 Å². The molecule has 0 aliphatic heterocycles. The quantitative estimate of drug-likeness (QED) is 0.497. The molecule has 14 heavy (non-hydrogen) atoms. The summed E-state index contributed by atoms with van der Waals surface area (Å²) in [6, 6.07) is 0. The number of rotatable bonds is 4. The summed E-state index contributed by atoms with van der Waals surface area (Å²) in [5, 5.41) is 0. The van der Waals surface area contributed by atoms with Crippen molar-refractivity contribution >= 4 is 5.97 Å². The summed E-state index contributed by atoms with van der Waals surface area (Å²) in [5.74, 6) is 3.92. The van der Waals surface area contributed by atoms with Gasteiger partial charge in [-0.05, 0) is 20.8 Å². The van der Waals surface area contributed by atoms with E-state index in [1.807, 2.05) is 0 Å². The van der Waals surface area contributed by atoms with Crippen molar-refractivity contribution in [3.05, 3.63) is 0 Å². The van der Waals surface area contributed by atoms with Crippen molar-refractivity contribution in [3.8, 4) is 0 Å². The highest BCUT2D eigenvalue weighted by Gasteiger charge is 2.32. The lowest BCUT2D eigenvalue weighted by Gasteiger charge is -2.23. The molecule has 0 radical (unpaired) electrons. The number of carbonyl (C=O) groups is 1. The molecule has 0 saturated carbocycles. The average Bonchev–Trinajstić information content (AvgIpc) is 2.01. The van der Waals surface area contributed by atoms with E-state index in [9.17, 15) is 9.18 Å². The van der Waals surface area contributed by atoms with Crippen LogP contribution in [0.1, 0.15) is 20.8 Å². The normalized spacial score (nSPS) is 16.1.